The van der Waals surface area contributed by atoms with Crippen LogP contribution in [0.3, 0.4) is 0 Å². The van der Waals surface area contributed by atoms with Crippen LogP contribution < -0.4 is 23.5 Å². The molecular formula is C29H26NO4+. The van der Waals surface area contributed by atoms with E-state index in [1.165, 1.54) is 21.9 Å². The molecular weight excluding hydrogens is 426 g/mol. The van der Waals surface area contributed by atoms with Crippen LogP contribution in [-0.2, 0) is 13.0 Å². The number of aryl methyl sites for hydroxylation is 2. The number of methoxy groups -OCH3 is 4. The Morgan fingerprint density at radius 2 is 1.35 bits per heavy atom. The standard InChI is InChI=1S/C29H26NO4/c1-31-22-13-12-19-20-10-11-21-24-18(16-23(32-2)28(21)33-3)14-15-30(27(20)24)26(25(19)29(22)34-4)17-8-6-5-7-9-17/h5-13,16H,14-15H2,1-4H3/q+1. The Hall–Kier alpha value is -3.99. The summed E-state index contributed by atoms with van der Waals surface area (Å²) in [5.74, 6) is 3.02. The lowest BCUT2D eigenvalue weighted by atomic mass is 9.90. The Balaban J connectivity index is 1.91. The maximum Gasteiger partial charge on any atom is 0.224 e. The number of ether oxygens (including phenoxy) is 4. The summed E-state index contributed by atoms with van der Waals surface area (Å²) < 4.78 is 25.6. The average molecular weight is 453 g/mol. The van der Waals surface area contributed by atoms with E-state index in [0.29, 0.717) is 0 Å². The number of rotatable bonds is 5. The third kappa shape index (κ3) is 2.70. The van der Waals surface area contributed by atoms with Gasteiger partial charge in [-0.2, -0.15) is 4.57 Å². The molecule has 0 saturated carbocycles. The number of nitrogens with zero attached hydrogens (tertiary/aromatic N) is 1. The maximum absolute atomic E-state index is 5.95. The van der Waals surface area contributed by atoms with Gasteiger partial charge in [0.2, 0.25) is 11.2 Å². The number of hydrogen-bond acceptors (Lipinski definition) is 4. The first-order valence-corrected chi connectivity index (χ1v) is 11.4. The van der Waals surface area contributed by atoms with Gasteiger partial charge < -0.3 is 18.9 Å². The zero-order valence-electron chi connectivity index (χ0n) is 19.8. The van der Waals surface area contributed by atoms with Crippen molar-refractivity contribution < 1.29 is 23.5 Å². The molecule has 0 unspecified atom stereocenters. The minimum Gasteiger partial charge on any atom is -0.493 e. The van der Waals surface area contributed by atoms with Crippen LogP contribution in [0.2, 0.25) is 0 Å². The molecule has 0 N–H and O–H groups in total. The number of pyridine rings is 1. The van der Waals surface area contributed by atoms with Crippen molar-refractivity contribution in [3.05, 3.63) is 66.2 Å². The molecule has 1 aromatic heterocycles. The highest BCUT2D eigenvalue weighted by Gasteiger charge is 2.33. The summed E-state index contributed by atoms with van der Waals surface area (Å²) in [5.41, 5.74) is 4.75. The van der Waals surface area contributed by atoms with Gasteiger partial charge in [0.25, 0.3) is 0 Å². The third-order valence-corrected chi connectivity index (χ3v) is 6.96. The zero-order chi connectivity index (χ0) is 23.4. The zero-order valence-corrected chi connectivity index (χ0v) is 19.8. The van der Waals surface area contributed by atoms with Gasteiger partial charge in [-0.1, -0.05) is 18.2 Å². The largest absolute Gasteiger partial charge is 0.493 e. The molecule has 1 aliphatic heterocycles. The first-order chi connectivity index (χ1) is 16.7. The van der Waals surface area contributed by atoms with Crippen molar-refractivity contribution in [1.82, 2.24) is 0 Å². The van der Waals surface area contributed by atoms with Gasteiger partial charge in [0.15, 0.2) is 29.5 Å². The SMILES string of the molecule is COc1cc2c3c(ccc4c5ccc(OC)c(OC)c5c(-c5ccccc5)[n+](c43)CC2)c1OC. The summed E-state index contributed by atoms with van der Waals surface area (Å²) in [7, 11) is 6.79. The van der Waals surface area contributed by atoms with Crippen LogP contribution in [-0.4, -0.2) is 28.4 Å². The molecule has 2 heterocycles. The molecule has 34 heavy (non-hydrogen) atoms. The van der Waals surface area contributed by atoms with Gasteiger partial charge in [0.1, 0.15) is 5.39 Å². The minimum absolute atomic E-state index is 0.725. The fourth-order valence-corrected chi connectivity index (χ4v) is 5.58. The molecule has 5 heteroatoms. The molecule has 0 bridgehead atoms. The van der Waals surface area contributed by atoms with E-state index in [4.69, 9.17) is 18.9 Å². The van der Waals surface area contributed by atoms with Crippen molar-refractivity contribution >= 4 is 32.4 Å². The van der Waals surface area contributed by atoms with Crippen molar-refractivity contribution in [2.45, 2.75) is 13.0 Å². The van der Waals surface area contributed by atoms with Gasteiger partial charge in [0, 0.05) is 22.8 Å². The summed E-state index contributed by atoms with van der Waals surface area (Å²) in [5, 5.41) is 5.65. The number of aromatic nitrogens is 1. The second kappa shape index (κ2) is 7.80. The van der Waals surface area contributed by atoms with Crippen molar-refractivity contribution in [3.63, 3.8) is 0 Å². The monoisotopic (exact) mass is 452 g/mol. The average Bonchev–Trinajstić information content (AvgIpc) is 2.90. The lowest BCUT2D eigenvalue weighted by Gasteiger charge is -2.22. The normalized spacial score (nSPS) is 12.5. The molecule has 0 aliphatic carbocycles. The van der Waals surface area contributed by atoms with E-state index in [1.807, 2.05) is 12.1 Å². The molecule has 1 aliphatic rings. The van der Waals surface area contributed by atoms with Crippen LogP contribution in [0.4, 0.5) is 0 Å². The van der Waals surface area contributed by atoms with Crippen molar-refractivity contribution in [2.75, 3.05) is 28.4 Å². The van der Waals surface area contributed by atoms with Crippen molar-refractivity contribution in [1.29, 1.82) is 0 Å². The lowest BCUT2D eigenvalue weighted by Crippen LogP contribution is -2.41. The van der Waals surface area contributed by atoms with Crippen molar-refractivity contribution in [2.24, 2.45) is 0 Å². The summed E-state index contributed by atoms with van der Waals surface area (Å²) in [4.78, 5) is 0. The summed E-state index contributed by atoms with van der Waals surface area (Å²) in [6, 6.07) is 21.1. The summed E-state index contributed by atoms with van der Waals surface area (Å²) >= 11 is 0. The molecule has 6 rings (SSSR count). The fourth-order valence-electron chi connectivity index (χ4n) is 5.58. The predicted octanol–water partition coefficient (Wildman–Crippen LogP) is 5.69. The van der Waals surface area contributed by atoms with Crippen LogP contribution in [0, 0.1) is 0 Å². The topological polar surface area (TPSA) is 40.8 Å². The van der Waals surface area contributed by atoms with E-state index in [0.717, 1.165) is 63.4 Å². The molecule has 0 atom stereocenters. The smallest absolute Gasteiger partial charge is 0.224 e. The molecule has 0 saturated heterocycles. The number of benzene rings is 4. The van der Waals surface area contributed by atoms with Gasteiger partial charge in [0.05, 0.1) is 39.2 Å². The van der Waals surface area contributed by atoms with E-state index >= 15 is 0 Å². The third-order valence-electron chi connectivity index (χ3n) is 6.96. The van der Waals surface area contributed by atoms with E-state index in [2.05, 4.69) is 53.1 Å². The second-order valence-electron chi connectivity index (χ2n) is 8.50. The van der Waals surface area contributed by atoms with Gasteiger partial charge in [-0.25, -0.2) is 0 Å². The summed E-state index contributed by atoms with van der Waals surface area (Å²) in [6.45, 7) is 0.846. The van der Waals surface area contributed by atoms with Crippen LogP contribution >= 0.6 is 0 Å². The lowest BCUT2D eigenvalue weighted by molar-refractivity contribution is -0.659. The summed E-state index contributed by atoms with van der Waals surface area (Å²) in [6.07, 6.45) is 0.894. The van der Waals surface area contributed by atoms with Crippen LogP contribution in [0.25, 0.3) is 43.7 Å². The highest BCUT2D eigenvalue weighted by atomic mass is 16.5. The second-order valence-corrected chi connectivity index (χ2v) is 8.50. The van der Waals surface area contributed by atoms with Crippen molar-refractivity contribution in [3.8, 4) is 34.3 Å². The fraction of sp³-hybridized carbons (Fsp3) is 0.207. The predicted molar refractivity (Wildman–Crippen MR) is 135 cm³/mol. The van der Waals surface area contributed by atoms with Crippen LogP contribution in [0.5, 0.6) is 23.0 Å². The molecule has 170 valence electrons. The van der Waals surface area contributed by atoms with E-state index in [-0.39, 0.29) is 0 Å². The first-order valence-electron chi connectivity index (χ1n) is 11.4. The highest BCUT2D eigenvalue weighted by molar-refractivity contribution is 6.19. The molecule has 5 aromatic rings. The van der Waals surface area contributed by atoms with Gasteiger partial charge in [-0.05, 0) is 48.0 Å². The van der Waals surface area contributed by atoms with Gasteiger partial charge >= 0.3 is 0 Å². The van der Waals surface area contributed by atoms with Crippen LogP contribution in [0.1, 0.15) is 5.56 Å². The van der Waals surface area contributed by atoms with Crippen LogP contribution in [0.15, 0.2) is 60.7 Å². The Morgan fingerprint density at radius 1 is 0.647 bits per heavy atom. The Labute approximate surface area is 198 Å². The van der Waals surface area contributed by atoms with E-state index in [1.54, 1.807) is 28.4 Å². The van der Waals surface area contributed by atoms with E-state index in [9.17, 15) is 0 Å². The first kappa shape index (κ1) is 20.6. The number of fused-ring (bicyclic) bond motifs is 2. The van der Waals surface area contributed by atoms with E-state index < -0.39 is 0 Å². The van der Waals surface area contributed by atoms with Gasteiger partial charge in [-0.15, -0.1) is 0 Å². The number of hydrogen-bond donors (Lipinski definition) is 0. The highest BCUT2D eigenvalue weighted by Crippen LogP contribution is 2.47. The van der Waals surface area contributed by atoms with Gasteiger partial charge in [-0.3, -0.25) is 0 Å². The molecule has 0 spiro atoms. The maximum atomic E-state index is 5.95. The minimum atomic E-state index is 0.725. The molecule has 5 nitrogen and oxygen atoms in total. The Morgan fingerprint density at radius 3 is 2.06 bits per heavy atom. The molecule has 4 aromatic carbocycles. The Bertz CT molecular complexity index is 1590. The Kier molecular flexibility index (Phi) is 4.73. The quantitative estimate of drug-likeness (QED) is 0.254. The molecule has 0 radical (unpaired) electrons. The molecule has 0 amide bonds. The molecule has 0 fully saturated rings.